The number of aromatic nitrogens is 3. The lowest BCUT2D eigenvalue weighted by Gasteiger charge is -2.32. The summed E-state index contributed by atoms with van der Waals surface area (Å²) in [6.45, 7) is 0. The Morgan fingerprint density at radius 1 is 1.26 bits per heavy atom. The zero-order chi connectivity index (χ0) is 15.4. The molecule has 2 fully saturated rings. The van der Waals surface area contributed by atoms with Crippen molar-refractivity contribution in [3.63, 3.8) is 0 Å². The molecule has 2 saturated carbocycles. The third-order valence-corrected chi connectivity index (χ3v) is 6.49. The molecule has 0 radical (unpaired) electrons. The van der Waals surface area contributed by atoms with E-state index < -0.39 is 0 Å². The molecule has 0 unspecified atom stereocenters. The van der Waals surface area contributed by atoms with Crippen molar-refractivity contribution >= 4 is 0 Å². The smallest absolute Gasteiger partial charge is 0.0957 e. The average molecular weight is 309 g/mol. The van der Waals surface area contributed by atoms with Gasteiger partial charge in [0.15, 0.2) is 0 Å². The monoisotopic (exact) mass is 309 g/mol. The lowest BCUT2D eigenvalue weighted by Crippen LogP contribution is -2.28. The molecule has 1 N–H and O–H groups in total. The molecule has 2 atom stereocenters. The van der Waals surface area contributed by atoms with Gasteiger partial charge in [-0.15, -0.1) is 0 Å². The molecular weight excluding hydrogens is 286 g/mol. The van der Waals surface area contributed by atoms with E-state index in [2.05, 4.69) is 20.6 Å². The maximum atomic E-state index is 10.9. The van der Waals surface area contributed by atoms with Crippen molar-refractivity contribution in [1.82, 2.24) is 14.5 Å². The van der Waals surface area contributed by atoms with Gasteiger partial charge in [-0.05, 0) is 62.0 Å². The Balaban J connectivity index is 1.36. The van der Waals surface area contributed by atoms with E-state index in [1.165, 1.54) is 44.1 Å². The lowest BCUT2D eigenvalue weighted by molar-refractivity contribution is 0.0556. The Hall–Kier alpha value is -1.68. The van der Waals surface area contributed by atoms with Gasteiger partial charge in [0.05, 0.1) is 36.1 Å². The third-order valence-electron chi connectivity index (χ3n) is 6.49. The van der Waals surface area contributed by atoms with Crippen LogP contribution in [0.5, 0.6) is 0 Å². The van der Waals surface area contributed by atoms with E-state index in [-0.39, 0.29) is 12.1 Å². The van der Waals surface area contributed by atoms with Gasteiger partial charge in [0.1, 0.15) is 0 Å². The fourth-order valence-electron chi connectivity index (χ4n) is 4.75. The molecule has 2 aromatic heterocycles. The van der Waals surface area contributed by atoms with Gasteiger partial charge < -0.3 is 9.67 Å². The van der Waals surface area contributed by atoms with E-state index in [9.17, 15) is 5.11 Å². The van der Waals surface area contributed by atoms with Gasteiger partial charge >= 0.3 is 0 Å². The molecule has 0 saturated heterocycles. The van der Waals surface area contributed by atoms with Crippen LogP contribution in [-0.4, -0.2) is 25.7 Å². The second-order valence-electron chi connectivity index (χ2n) is 7.78. The maximum Gasteiger partial charge on any atom is 0.0957 e. The van der Waals surface area contributed by atoms with Crippen LogP contribution in [0.3, 0.4) is 0 Å². The highest BCUT2D eigenvalue weighted by Crippen LogP contribution is 2.57. The van der Waals surface area contributed by atoms with Crippen molar-refractivity contribution in [3.8, 4) is 11.3 Å². The topological polar surface area (TPSA) is 50.9 Å². The Kier molecular flexibility index (Phi) is 2.93. The summed E-state index contributed by atoms with van der Waals surface area (Å²) < 4.78 is 2.19. The molecule has 1 aliphatic heterocycles. The van der Waals surface area contributed by atoms with Crippen molar-refractivity contribution in [1.29, 1.82) is 0 Å². The maximum absolute atomic E-state index is 10.9. The molecule has 0 bridgehead atoms. The van der Waals surface area contributed by atoms with Crippen LogP contribution in [-0.2, 0) is 0 Å². The zero-order valence-electron chi connectivity index (χ0n) is 13.4. The van der Waals surface area contributed by atoms with E-state index in [1.54, 1.807) is 0 Å². The first-order valence-electron chi connectivity index (χ1n) is 8.91. The van der Waals surface area contributed by atoms with Gasteiger partial charge in [-0.3, -0.25) is 4.98 Å². The highest BCUT2D eigenvalue weighted by atomic mass is 16.3. The van der Waals surface area contributed by atoms with Crippen LogP contribution in [0.25, 0.3) is 11.3 Å². The number of aliphatic hydroxyl groups excluding tert-OH is 1. The van der Waals surface area contributed by atoms with Crippen LogP contribution in [0.1, 0.15) is 56.7 Å². The van der Waals surface area contributed by atoms with E-state index in [1.807, 2.05) is 24.8 Å². The highest BCUT2D eigenvalue weighted by Gasteiger charge is 2.46. The molecule has 0 aromatic carbocycles. The molecule has 4 nitrogen and oxygen atoms in total. The molecule has 2 aliphatic carbocycles. The van der Waals surface area contributed by atoms with Gasteiger partial charge in [-0.1, -0.05) is 0 Å². The minimum absolute atomic E-state index is 0.135. The minimum Gasteiger partial charge on any atom is -0.393 e. The van der Waals surface area contributed by atoms with Gasteiger partial charge in [0, 0.05) is 18.2 Å². The molecule has 120 valence electrons. The number of nitrogens with zero attached hydrogens (tertiary/aromatic N) is 3. The van der Waals surface area contributed by atoms with E-state index >= 15 is 0 Å². The predicted molar refractivity (Wildman–Crippen MR) is 87.8 cm³/mol. The summed E-state index contributed by atoms with van der Waals surface area (Å²) in [4.78, 5) is 8.89. The van der Waals surface area contributed by atoms with Crippen LogP contribution in [0, 0.1) is 11.3 Å². The Bertz CT molecular complexity index is 724. The fraction of sp³-hybridized carbons (Fsp3) is 0.579. The normalized spacial score (nSPS) is 26.0. The quantitative estimate of drug-likeness (QED) is 0.943. The standard InChI is InChI=1S/C19H23N3O/c23-17(13-3-5-19(6-4-13)7-8-19)10-15-18-14(2-1-9-21-18)16-11-20-12-22(15)16/h1-2,9,11-13,15,17,23H,3-8,10H2/t15-,17+/m0/s1. The predicted octanol–water partition coefficient (Wildman–Crippen LogP) is 3.57. The second-order valence-corrected chi connectivity index (χ2v) is 7.78. The number of pyridine rings is 1. The van der Waals surface area contributed by atoms with Crippen molar-refractivity contribution in [3.05, 3.63) is 36.5 Å². The number of fused-ring (bicyclic) bond motifs is 3. The summed E-state index contributed by atoms with van der Waals surface area (Å²) in [6.07, 6.45) is 14.1. The van der Waals surface area contributed by atoms with Crippen molar-refractivity contribution < 1.29 is 5.11 Å². The molecule has 1 spiro atoms. The summed E-state index contributed by atoms with van der Waals surface area (Å²) in [5.74, 6) is 0.459. The summed E-state index contributed by atoms with van der Waals surface area (Å²) in [5.41, 5.74) is 4.09. The summed E-state index contributed by atoms with van der Waals surface area (Å²) in [7, 11) is 0. The van der Waals surface area contributed by atoms with Gasteiger partial charge in [0.25, 0.3) is 0 Å². The molecule has 23 heavy (non-hydrogen) atoms. The molecule has 0 amide bonds. The van der Waals surface area contributed by atoms with E-state index in [0.29, 0.717) is 11.3 Å². The first kappa shape index (κ1) is 13.7. The van der Waals surface area contributed by atoms with Crippen LogP contribution in [0.15, 0.2) is 30.9 Å². The van der Waals surface area contributed by atoms with Gasteiger partial charge in [-0.2, -0.15) is 0 Å². The summed E-state index contributed by atoms with van der Waals surface area (Å²) >= 11 is 0. The van der Waals surface area contributed by atoms with Crippen LogP contribution >= 0.6 is 0 Å². The van der Waals surface area contributed by atoms with Gasteiger partial charge in [-0.25, -0.2) is 4.98 Å². The van der Waals surface area contributed by atoms with E-state index in [4.69, 9.17) is 0 Å². The lowest BCUT2D eigenvalue weighted by atomic mass is 9.76. The number of hydrogen-bond acceptors (Lipinski definition) is 3. The first-order valence-corrected chi connectivity index (χ1v) is 8.91. The van der Waals surface area contributed by atoms with Crippen LogP contribution in [0.2, 0.25) is 0 Å². The average Bonchev–Trinajstić information content (AvgIpc) is 3.06. The molecule has 3 heterocycles. The van der Waals surface area contributed by atoms with Crippen LogP contribution < -0.4 is 0 Å². The Labute approximate surface area is 136 Å². The molecule has 3 aliphatic rings. The van der Waals surface area contributed by atoms with Crippen LogP contribution in [0.4, 0.5) is 0 Å². The second kappa shape index (κ2) is 4.91. The minimum atomic E-state index is -0.237. The first-order chi connectivity index (χ1) is 11.3. The Morgan fingerprint density at radius 3 is 2.87 bits per heavy atom. The largest absolute Gasteiger partial charge is 0.393 e. The zero-order valence-corrected chi connectivity index (χ0v) is 13.4. The number of hydrogen-bond donors (Lipinski definition) is 1. The fourth-order valence-corrected chi connectivity index (χ4v) is 4.75. The molecule has 5 rings (SSSR count). The summed E-state index contributed by atoms with van der Waals surface area (Å²) in [6, 6.07) is 4.22. The molecular formula is C19H23N3O. The SMILES string of the molecule is O[C@H](C[C@H]1c2ncccc2-c2cncn21)C1CCC2(CC1)CC2. The van der Waals surface area contributed by atoms with Crippen molar-refractivity contribution in [2.75, 3.05) is 0 Å². The summed E-state index contributed by atoms with van der Waals surface area (Å²) in [5, 5.41) is 10.9. The van der Waals surface area contributed by atoms with Crippen molar-refractivity contribution in [2.24, 2.45) is 11.3 Å². The van der Waals surface area contributed by atoms with E-state index in [0.717, 1.165) is 17.8 Å². The van der Waals surface area contributed by atoms with Crippen molar-refractivity contribution in [2.45, 2.75) is 57.1 Å². The highest BCUT2D eigenvalue weighted by molar-refractivity contribution is 5.66. The Morgan fingerprint density at radius 2 is 2.09 bits per heavy atom. The molecule has 2 aromatic rings. The third kappa shape index (κ3) is 2.15. The molecule has 4 heteroatoms. The van der Waals surface area contributed by atoms with Gasteiger partial charge in [0.2, 0.25) is 0 Å². The number of rotatable bonds is 3. The number of aliphatic hydroxyl groups is 1. The number of imidazole rings is 1.